The Morgan fingerprint density at radius 1 is 1.26 bits per heavy atom. The number of piperidine rings is 1. The molecule has 0 aliphatic carbocycles. The molecule has 2 aromatic rings. The van der Waals surface area contributed by atoms with Crippen LogP contribution in [0.25, 0.3) is 16.5 Å². The summed E-state index contributed by atoms with van der Waals surface area (Å²) in [6.07, 6.45) is 4.07. The van der Waals surface area contributed by atoms with Gasteiger partial charge in [0.2, 0.25) is 10.0 Å². The summed E-state index contributed by atoms with van der Waals surface area (Å²) in [5.74, 6) is -0.246. The van der Waals surface area contributed by atoms with Gasteiger partial charge in [-0.15, -0.1) is 11.3 Å². The molecule has 9 nitrogen and oxygen atoms in total. The lowest BCUT2D eigenvalue weighted by Gasteiger charge is -2.34. The van der Waals surface area contributed by atoms with Gasteiger partial charge in [-0.1, -0.05) is 36.4 Å². The molecule has 0 unspecified atom stereocenters. The number of rotatable bonds is 7. The molecular weight excluding hydrogens is 488 g/mol. The number of carbonyl (C=O) groups is 2. The highest BCUT2D eigenvalue weighted by Crippen LogP contribution is 2.35. The number of carbonyl (C=O) groups excluding carboxylic acids is 2. The zero-order chi connectivity index (χ0) is 25.6. The normalized spacial score (nSPS) is 16.9. The van der Waals surface area contributed by atoms with Gasteiger partial charge in [-0.05, 0) is 51.3 Å². The second kappa shape index (κ2) is 11.2. The molecule has 0 radical (unpaired) electrons. The Morgan fingerprint density at radius 3 is 2.63 bits per heavy atom. The second-order valence-electron chi connectivity index (χ2n) is 9.31. The molecule has 0 spiro atoms. The van der Waals surface area contributed by atoms with Crippen LogP contribution in [0.2, 0.25) is 0 Å². The summed E-state index contributed by atoms with van der Waals surface area (Å²) in [6, 6.07) is 10.4. The lowest BCUT2D eigenvalue weighted by Crippen LogP contribution is -2.50. The fraction of sp³-hybridized carbons (Fsp3) is 0.417. The predicted octanol–water partition coefficient (Wildman–Crippen LogP) is 4.24. The van der Waals surface area contributed by atoms with E-state index in [0.717, 1.165) is 10.4 Å². The minimum Gasteiger partial charge on any atom is -0.444 e. The van der Waals surface area contributed by atoms with Crippen molar-refractivity contribution in [3.8, 4) is 10.4 Å². The van der Waals surface area contributed by atoms with E-state index in [1.807, 2.05) is 36.4 Å². The number of likely N-dealkylation sites (tertiary alicyclic amines) is 1. The van der Waals surface area contributed by atoms with Crippen molar-refractivity contribution in [2.75, 3.05) is 24.2 Å². The molecule has 1 aliphatic rings. The van der Waals surface area contributed by atoms with Gasteiger partial charge < -0.3 is 20.7 Å². The van der Waals surface area contributed by atoms with Gasteiger partial charge in [0.15, 0.2) is 0 Å². The molecule has 4 N–H and O–H groups in total. The molecule has 11 heteroatoms. The molecule has 1 aromatic heterocycles. The quantitative estimate of drug-likeness (QED) is 0.503. The van der Waals surface area contributed by atoms with Crippen molar-refractivity contribution in [3.63, 3.8) is 0 Å². The Hall–Kier alpha value is -2.89. The SMILES string of the molecule is CC(C)(C)OC(=O)N1CCC[C@H](NS(=O)(=O)CC=Cc2sc(-c3ccccc3)cc2NC(N)=O)C1. The zero-order valence-corrected chi connectivity index (χ0v) is 21.7. The summed E-state index contributed by atoms with van der Waals surface area (Å²) in [7, 11) is -3.64. The van der Waals surface area contributed by atoms with Crippen LogP contribution in [0.5, 0.6) is 0 Å². The van der Waals surface area contributed by atoms with E-state index in [-0.39, 0.29) is 18.3 Å². The first-order chi connectivity index (χ1) is 16.4. The topological polar surface area (TPSA) is 131 Å². The van der Waals surface area contributed by atoms with E-state index in [1.165, 1.54) is 22.3 Å². The monoisotopic (exact) mass is 520 g/mol. The van der Waals surface area contributed by atoms with Gasteiger partial charge in [0, 0.05) is 24.0 Å². The fourth-order valence-corrected chi connectivity index (χ4v) is 5.85. The summed E-state index contributed by atoms with van der Waals surface area (Å²) in [4.78, 5) is 26.9. The maximum atomic E-state index is 12.7. The molecule has 2 heterocycles. The van der Waals surface area contributed by atoms with Crippen molar-refractivity contribution in [2.24, 2.45) is 5.73 Å². The highest BCUT2D eigenvalue weighted by molar-refractivity contribution is 7.89. The van der Waals surface area contributed by atoms with E-state index >= 15 is 0 Å². The molecule has 35 heavy (non-hydrogen) atoms. The number of ether oxygens (including phenoxy) is 1. The summed E-state index contributed by atoms with van der Waals surface area (Å²) < 4.78 is 33.5. The second-order valence-corrected chi connectivity index (χ2v) is 12.2. The van der Waals surface area contributed by atoms with Crippen LogP contribution in [0.1, 0.15) is 38.5 Å². The van der Waals surface area contributed by atoms with Crippen molar-refractivity contribution < 1.29 is 22.7 Å². The molecule has 0 bridgehead atoms. The summed E-state index contributed by atoms with van der Waals surface area (Å²) >= 11 is 1.42. The smallest absolute Gasteiger partial charge is 0.410 e. The molecule has 1 aromatic carbocycles. The maximum Gasteiger partial charge on any atom is 0.410 e. The molecule has 1 aliphatic heterocycles. The maximum absolute atomic E-state index is 12.7. The molecule has 190 valence electrons. The van der Waals surface area contributed by atoms with Crippen LogP contribution in [0.15, 0.2) is 42.5 Å². The summed E-state index contributed by atoms with van der Waals surface area (Å²) in [5, 5.41) is 2.59. The number of benzene rings is 1. The summed E-state index contributed by atoms with van der Waals surface area (Å²) in [6.45, 7) is 6.17. The van der Waals surface area contributed by atoms with Crippen molar-refractivity contribution in [1.29, 1.82) is 0 Å². The Kier molecular flexibility index (Phi) is 8.57. The van der Waals surface area contributed by atoms with Crippen LogP contribution < -0.4 is 15.8 Å². The van der Waals surface area contributed by atoms with Crippen molar-refractivity contribution in [1.82, 2.24) is 9.62 Å². The third kappa shape index (κ3) is 8.37. The Balaban J connectivity index is 1.65. The van der Waals surface area contributed by atoms with Gasteiger partial charge in [-0.25, -0.2) is 22.7 Å². The van der Waals surface area contributed by atoms with Gasteiger partial charge in [-0.2, -0.15) is 0 Å². The molecule has 1 saturated heterocycles. The Morgan fingerprint density at radius 2 is 1.97 bits per heavy atom. The third-order valence-electron chi connectivity index (χ3n) is 5.08. The highest BCUT2D eigenvalue weighted by Gasteiger charge is 2.29. The lowest BCUT2D eigenvalue weighted by molar-refractivity contribution is 0.0195. The van der Waals surface area contributed by atoms with E-state index in [2.05, 4.69) is 10.0 Å². The predicted molar refractivity (Wildman–Crippen MR) is 140 cm³/mol. The van der Waals surface area contributed by atoms with E-state index in [4.69, 9.17) is 10.5 Å². The number of sulfonamides is 1. The van der Waals surface area contributed by atoms with Gasteiger partial charge in [-0.3, -0.25) is 0 Å². The standard InChI is InChI=1S/C24H32N4O5S2/c1-24(2,3)33-23(30)28-13-7-11-18(16-28)27-35(31,32)14-8-12-20-19(26-22(25)29)15-21(34-20)17-9-5-4-6-10-17/h4-6,8-10,12,15,18,27H,7,11,13-14,16H2,1-3H3,(H3,25,26,29)/t18-/m0/s1. The molecule has 3 amide bonds. The van der Waals surface area contributed by atoms with Crippen molar-refractivity contribution >= 4 is 45.2 Å². The Labute approximate surface area is 210 Å². The van der Waals surface area contributed by atoms with E-state index < -0.39 is 27.7 Å². The molecular formula is C24H32N4O5S2. The first-order valence-electron chi connectivity index (χ1n) is 11.3. The van der Waals surface area contributed by atoms with Crippen molar-refractivity contribution in [3.05, 3.63) is 47.4 Å². The number of thiophene rings is 1. The van der Waals surface area contributed by atoms with Gasteiger partial charge in [0.05, 0.1) is 16.3 Å². The largest absolute Gasteiger partial charge is 0.444 e. The third-order valence-corrected chi connectivity index (χ3v) is 7.55. The lowest BCUT2D eigenvalue weighted by atomic mass is 10.1. The van der Waals surface area contributed by atoms with E-state index in [9.17, 15) is 18.0 Å². The molecule has 0 saturated carbocycles. The molecule has 1 fully saturated rings. The Bertz CT molecular complexity index is 1170. The minimum absolute atomic E-state index is 0.246. The van der Waals surface area contributed by atoms with Crippen LogP contribution in [0, 0.1) is 0 Å². The van der Waals surface area contributed by atoms with Crippen molar-refractivity contribution in [2.45, 2.75) is 45.3 Å². The summed E-state index contributed by atoms with van der Waals surface area (Å²) in [5.41, 5.74) is 6.18. The van der Waals surface area contributed by atoms with Crippen LogP contribution in [0.3, 0.4) is 0 Å². The highest BCUT2D eigenvalue weighted by atomic mass is 32.2. The number of primary amides is 1. The number of amides is 3. The number of nitrogens with zero attached hydrogens (tertiary/aromatic N) is 1. The van der Waals surface area contributed by atoms with Gasteiger partial charge in [0.25, 0.3) is 0 Å². The molecule has 1 atom stereocenters. The van der Waals surface area contributed by atoms with E-state index in [1.54, 1.807) is 26.8 Å². The first-order valence-corrected chi connectivity index (χ1v) is 13.8. The number of hydrogen-bond acceptors (Lipinski definition) is 6. The van der Waals surface area contributed by atoms with Gasteiger partial charge >= 0.3 is 12.1 Å². The first kappa shape index (κ1) is 26.7. The van der Waals surface area contributed by atoms with Gasteiger partial charge in [0.1, 0.15) is 5.60 Å². The van der Waals surface area contributed by atoms with E-state index in [0.29, 0.717) is 30.0 Å². The van der Waals surface area contributed by atoms with Crippen LogP contribution in [-0.2, 0) is 14.8 Å². The average Bonchev–Trinajstić information content (AvgIpc) is 3.15. The van der Waals surface area contributed by atoms with Crippen LogP contribution in [0.4, 0.5) is 15.3 Å². The number of nitrogens with two attached hydrogens (primary N) is 1. The average molecular weight is 521 g/mol. The zero-order valence-electron chi connectivity index (χ0n) is 20.1. The van der Waals surface area contributed by atoms with Crippen LogP contribution >= 0.6 is 11.3 Å². The molecule has 3 rings (SSSR count). The number of anilines is 1. The number of nitrogens with one attached hydrogen (secondary N) is 2. The fourth-order valence-electron chi connectivity index (χ4n) is 3.65. The number of hydrogen-bond donors (Lipinski definition) is 3. The van der Waals surface area contributed by atoms with Crippen LogP contribution in [-0.4, -0.2) is 55.9 Å². The number of urea groups is 1. The minimum atomic E-state index is -3.64.